The third kappa shape index (κ3) is 3.11. The molecule has 2 aliphatic rings. The summed E-state index contributed by atoms with van der Waals surface area (Å²) >= 11 is 0. The van der Waals surface area contributed by atoms with Crippen LogP contribution in [0.15, 0.2) is 0 Å². The van der Waals surface area contributed by atoms with Crippen molar-refractivity contribution < 1.29 is 14.7 Å². The van der Waals surface area contributed by atoms with Gasteiger partial charge in [-0.25, -0.2) is 4.79 Å². The Balaban J connectivity index is 1.83. The Morgan fingerprint density at radius 1 is 1.12 bits per heavy atom. The predicted octanol–water partition coefficient (Wildman–Crippen LogP) is 1.44. The number of nitrogens with one attached hydrogen (secondary N) is 1. The largest absolute Gasteiger partial charge is 0.481 e. The van der Waals surface area contributed by atoms with Crippen LogP contribution in [0.4, 0.5) is 4.79 Å². The van der Waals surface area contributed by atoms with Crippen molar-refractivity contribution in [3.8, 4) is 0 Å². The number of hydrogen-bond donors (Lipinski definition) is 2. The Morgan fingerprint density at radius 2 is 1.82 bits per heavy atom. The number of carbonyl (C=O) groups is 2. The van der Waals surface area contributed by atoms with Crippen molar-refractivity contribution in [2.75, 3.05) is 13.1 Å². The molecule has 0 aromatic carbocycles. The highest BCUT2D eigenvalue weighted by Crippen LogP contribution is 2.20. The minimum absolute atomic E-state index is 0.0807. The molecule has 0 aromatic heterocycles. The van der Waals surface area contributed by atoms with E-state index < -0.39 is 11.9 Å². The summed E-state index contributed by atoms with van der Waals surface area (Å²) in [5.41, 5.74) is 0. The molecule has 96 valence electrons. The fraction of sp³-hybridized carbons (Fsp3) is 0.833. The number of rotatable bonds is 2. The predicted molar refractivity (Wildman–Crippen MR) is 62.7 cm³/mol. The zero-order valence-electron chi connectivity index (χ0n) is 10.0. The van der Waals surface area contributed by atoms with Gasteiger partial charge in [-0.3, -0.25) is 4.79 Å². The highest BCUT2D eigenvalue weighted by Gasteiger charge is 2.29. The van der Waals surface area contributed by atoms with Crippen molar-refractivity contribution in [3.05, 3.63) is 0 Å². The molecule has 2 rings (SSSR count). The number of urea groups is 1. The number of piperidine rings is 1. The van der Waals surface area contributed by atoms with Gasteiger partial charge in [-0.15, -0.1) is 0 Å². The van der Waals surface area contributed by atoms with E-state index in [2.05, 4.69) is 5.32 Å². The second kappa shape index (κ2) is 5.38. The number of aliphatic carboxylic acids is 1. The number of amides is 2. The number of nitrogens with zero attached hydrogens (tertiary/aromatic N) is 1. The zero-order chi connectivity index (χ0) is 12.3. The molecule has 1 atom stereocenters. The van der Waals surface area contributed by atoms with Crippen LogP contribution in [0, 0.1) is 5.92 Å². The quantitative estimate of drug-likeness (QED) is 0.767. The van der Waals surface area contributed by atoms with E-state index in [9.17, 15) is 9.59 Å². The molecule has 1 saturated heterocycles. The molecule has 0 spiro atoms. The summed E-state index contributed by atoms with van der Waals surface area (Å²) in [4.78, 5) is 24.5. The van der Waals surface area contributed by atoms with Gasteiger partial charge in [0.2, 0.25) is 0 Å². The van der Waals surface area contributed by atoms with Crippen LogP contribution < -0.4 is 5.32 Å². The first-order chi connectivity index (χ1) is 8.16. The summed E-state index contributed by atoms with van der Waals surface area (Å²) in [6.45, 7) is 1.04. The Hall–Kier alpha value is -1.26. The maximum absolute atomic E-state index is 11.9. The molecule has 5 nitrogen and oxygen atoms in total. The number of carboxylic acid groups (broad SMARTS) is 1. The third-order valence-electron chi connectivity index (χ3n) is 3.74. The van der Waals surface area contributed by atoms with E-state index >= 15 is 0 Å². The molecule has 1 heterocycles. The summed E-state index contributed by atoms with van der Waals surface area (Å²) in [6.07, 6.45) is 5.95. The van der Waals surface area contributed by atoms with Gasteiger partial charge >= 0.3 is 12.0 Å². The van der Waals surface area contributed by atoms with Gasteiger partial charge in [0.05, 0.1) is 5.92 Å². The highest BCUT2D eigenvalue weighted by molar-refractivity contribution is 5.76. The molecule has 1 aliphatic carbocycles. The smallest absolute Gasteiger partial charge is 0.317 e. The number of likely N-dealkylation sites (tertiary alicyclic amines) is 1. The summed E-state index contributed by atoms with van der Waals surface area (Å²) in [6, 6.07) is 0.218. The van der Waals surface area contributed by atoms with Gasteiger partial charge in [0, 0.05) is 19.1 Å². The van der Waals surface area contributed by atoms with Crippen LogP contribution >= 0.6 is 0 Å². The molecule has 2 amide bonds. The van der Waals surface area contributed by atoms with E-state index in [1.165, 1.54) is 12.8 Å². The van der Waals surface area contributed by atoms with Crippen LogP contribution in [0.25, 0.3) is 0 Å². The topological polar surface area (TPSA) is 69.6 Å². The summed E-state index contributed by atoms with van der Waals surface area (Å²) < 4.78 is 0. The van der Waals surface area contributed by atoms with E-state index in [-0.39, 0.29) is 6.03 Å². The monoisotopic (exact) mass is 240 g/mol. The normalized spacial score (nSPS) is 25.9. The minimum atomic E-state index is -0.789. The molecule has 2 fully saturated rings. The van der Waals surface area contributed by atoms with Crippen molar-refractivity contribution in [1.82, 2.24) is 10.2 Å². The molecule has 1 saturated carbocycles. The third-order valence-corrected chi connectivity index (χ3v) is 3.74. The molecule has 0 aromatic rings. The van der Waals surface area contributed by atoms with E-state index in [0.717, 1.165) is 19.3 Å². The zero-order valence-corrected chi connectivity index (χ0v) is 10.0. The van der Waals surface area contributed by atoms with Gasteiger partial charge in [0.1, 0.15) is 0 Å². The van der Waals surface area contributed by atoms with Crippen LogP contribution in [-0.4, -0.2) is 41.1 Å². The lowest BCUT2D eigenvalue weighted by Gasteiger charge is -2.31. The lowest BCUT2D eigenvalue weighted by molar-refractivity contribution is -0.143. The first kappa shape index (κ1) is 12.2. The van der Waals surface area contributed by atoms with Gasteiger partial charge in [-0.05, 0) is 25.7 Å². The molecule has 2 N–H and O–H groups in total. The van der Waals surface area contributed by atoms with Gasteiger partial charge < -0.3 is 15.3 Å². The van der Waals surface area contributed by atoms with Gasteiger partial charge in [0.15, 0.2) is 0 Å². The number of hydrogen-bond acceptors (Lipinski definition) is 2. The van der Waals surface area contributed by atoms with Gasteiger partial charge in [-0.1, -0.05) is 12.8 Å². The SMILES string of the molecule is O=C(O)[C@@H]1CCCN(C(=O)NC2CCCC2)C1. The van der Waals surface area contributed by atoms with Crippen LogP contribution in [0.1, 0.15) is 38.5 Å². The van der Waals surface area contributed by atoms with Gasteiger partial charge in [-0.2, -0.15) is 0 Å². The molecule has 17 heavy (non-hydrogen) atoms. The Labute approximate surface area is 101 Å². The molecule has 0 bridgehead atoms. The van der Waals surface area contributed by atoms with Crippen molar-refractivity contribution in [2.45, 2.75) is 44.6 Å². The van der Waals surface area contributed by atoms with Crippen molar-refractivity contribution >= 4 is 12.0 Å². The van der Waals surface area contributed by atoms with Gasteiger partial charge in [0.25, 0.3) is 0 Å². The van der Waals surface area contributed by atoms with E-state index in [4.69, 9.17) is 5.11 Å². The van der Waals surface area contributed by atoms with E-state index in [0.29, 0.717) is 25.6 Å². The summed E-state index contributed by atoms with van der Waals surface area (Å²) in [7, 11) is 0. The van der Waals surface area contributed by atoms with Crippen LogP contribution in [0.2, 0.25) is 0 Å². The Kier molecular flexibility index (Phi) is 3.86. The van der Waals surface area contributed by atoms with Crippen LogP contribution in [-0.2, 0) is 4.79 Å². The number of carboxylic acids is 1. The average molecular weight is 240 g/mol. The lowest BCUT2D eigenvalue weighted by Crippen LogP contribution is -2.49. The Bertz CT molecular complexity index is 300. The molecular weight excluding hydrogens is 220 g/mol. The van der Waals surface area contributed by atoms with E-state index in [1.807, 2.05) is 0 Å². The standard InChI is InChI=1S/C12H20N2O3/c15-11(16)9-4-3-7-14(8-9)12(17)13-10-5-1-2-6-10/h9-10H,1-8H2,(H,13,17)(H,15,16)/t9-/m1/s1. The maximum atomic E-state index is 11.9. The van der Waals surface area contributed by atoms with Crippen LogP contribution in [0.5, 0.6) is 0 Å². The molecule has 0 unspecified atom stereocenters. The second-order valence-corrected chi connectivity index (χ2v) is 5.05. The Morgan fingerprint density at radius 3 is 2.47 bits per heavy atom. The molecular formula is C12H20N2O3. The fourth-order valence-corrected chi connectivity index (χ4v) is 2.70. The molecule has 0 radical (unpaired) electrons. The van der Waals surface area contributed by atoms with Crippen molar-refractivity contribution in [1.29, 1.82) is 0 Å². The average Bonchev–Trinajstić information content (AvgIpc) is 2.82. The first-order valence-corrected chi connectivity index (χ1v) is 6.45. The minimum Gasteiger partial charge on any atom is -0.481 e. The molecule has 5 heteroatoms. The highest BCUT2D eigenvalue weighted by atomic mass is 16.4. The molecule has 1 aliphatic heterocycles. The maximum Gasteiger partial charge on any atom is 0.317 e. The lowest BCUT2D eigenvalue weighted by atomic mass is 9.99. The van der Waals surface area contributed by atoms with Crippen LogP contribution in [0.3, 0.4) is 0 Å². The van der Waals surface area contributed by atoms with E-state index in [1.54, 1.807) is 4.90 Å². The summed E-state index contributed by atoms with van der Waals surface area (Å²) in [5.74, 6) is -1.18. The second-order valence-electron chi connectivity index (χ2n) is 5.05. The fourth-order valence-electron chi connectivity index (χ4n) is 2.70. The number of carbonyl (C=O) groups excluding carboxylic acids is 1. The van der Waals surface area contributed by atoms with Crippen molar-refractivity contribution in [2.24, 2.45) is 5.92 Å². The van der Waals surface area contributed by atoms with Crippen molar-refractivity contribution in [3.63, 3.8) is 0 Å². The first-order valence-electron chi connectivity index (χ1n) is 6.45. The summed E-state index contributed by atoms with van der Waals surface area (Å²) in [5, 5.41) is 12.0.